The van der Waals surface area contributed by atoms with Gasteiger partial charge in [-0.2, -0.15) is 4.98 Å². The number of halogens is 1. The normalized spacial score (nSPS) is 16.4. The quantitative estimate of drug-likeness (QED) is 0.451. The van der Waals surface area contributed by atoms with Crippen LogP contribution < -0.4 is 0 Å². The number of thiazole rings is 1. The maximum absolute atomic E-state index is 13.5. The molecule has 0 aliphatic carbocycles. The third-order valence-corrected chi connectivity index (χ3v) is 6.35. The van der Waals surface area contributed by atoms with Gasteiger partial charge in [-0.15, -0.1) is 11.3 Å². The van der Waals surface area contributed by atoms with Gasteiger partial charge >= 0.3 is 0 Å². The molecule has 1 aliphatic heterocycles. The van der Waals surface area contributed by atoms with Crippen LogP contribution in [0.2, 0.25) is 0 Å². The average molecular weight is 434 g/mol. The molecule has 0 N–H and O–H groups in total. The number of carbonyl (C=O) groups is 1. The van der Waals surface area contributed by atoms with E-state index in [2.05, 4.69) is 15.1 Å². The van der Waals surface area contributed by atoms with Gasteiger partial charge in [0.2, 0.25) is 11.7 Å². The van der Waals surface area contributed by atoms with Gasteiger partial charge in [-0.25, -0.2) is 9.37 Å². The van der Waals surface area contributed by atoms with Gasteiger partial charge in [0.25, 0.3) is 5.91 Å². The summed E-state index contributed by atoms with van der Waals surface area (Å²) in [6.07, 6.45) is 3.35. The molecule has 0 spiro atoms. The molecule has 1 saturated heterocycles. The van der Waals surface area contributed by atoms with Crippen LogP contribution in [0.25, 0.3) is 22.0 Å². The molecule has 156 valence electrons. The summed E-state index contributed by atoms with van der Waals surface area (Å²) in [6.45, 7) is 1.18. The minimum Gasteiger partial charge on any atom is -0.339 e. The Morgan fingerprint density at radius 2 is 1.97 bits per heavy atom. The van der Waals surface area contributed by atoms with Crippen molar-refractivity contribution in [1.82, 2.24) is 20.0 Å². The van der Waals surface area contributed by atoms with Crippen LogP contribution in [0.5, 0.6) is 0 Å². The summed E-state index contributed by atoms with van der Waals surface area (Å²) in [7, 11) is 0. The number of piperidine rings is 1. The molecular formula is C23H19FN4O2S. The predicted octanol–water partition coefficient (Wildman–Crippen LogP) is 5.02. The molecular weight excluding hydrogens is 415 g/mol. The topological polar surface area (TPSA) is 72.1 Å². The SMILES string of the molecule is O=C(c1cnc(-c2ccccc2)s1)N1CCCC(c2nc(-c3cccc(F)c3)no2)C1. The third-order valence-electron chi connectivity index (χ3n) is 5.32. The summed E-state index contributed by atoms with van der Waals surface area (Å²) in [5, 5.41) is 4.83. The molecule has 2 aromatic carbocycles. The second kappa shape index (κ2) is 8.39. The van der Waals surface area contributed by atoms with Gasteiger partial charge in [0.1, 0.15) is 15.7 Å². The Kier molecular flexibility index (Phi) is 5.30. The Bertz CT molecular complexity index is 1210. The highest BCUT2D eigenvalue weighted by Gasteiger charge is 2.30. The number of nitrogens with zero attached hydrogens (tertiary/aromatic N) is 4. The summed E-state index contributed by atoms with van der Waals surface area (Å²) in [6, 6.07) is 15.9. The second-order valence-electron chi connectivity index (χ2n) is 7.45. The first-order valence-corrected chi connectivity index (χ1v) is 10.9. The van der Waals surface area contributed by atoms with Gasteiger partial charge in [0, 0.05) is 24.2 Å². The van der Waals surface area contributed by atoms with E-state index in [9.17, 15) is 9.18 Å². The first kappa shape index (κ1) is 19.6. The van der Waals surface area contributed by atoms with Crippen molar-refractivity contribution in [2.24, 2.45) is 0 Å². The molecule has 0 radical (unpaired) electrons. The molecule has 1 unspecified atom stereocenters. The van der Waals surface area contributed by atoms with Gasteiger partial charge in [-0.1, -0.05) is 47.6 Å². The molecule has 31 heavy (non-hydrogen) atoms. The lowest BCUT2D eigenvalue weighted by Crippen LogP contribution is -2.38. The number of likely N-dealkylation sites (tertiary alicyclic amines) is 1. The molecule has 1 amide bonds. The Hall–Kier alpha value is -3.39. The fourth-order valence-corrected chi connectivity index (χ4v) is 4.64. The molecule has 8 heteroatoms. The van der Waals surface area contributed by atoms with Crippen LogP contribution in [0.4, 0.5) is 4.39 Å². The summed E-state index contributed by atoms with van der Waals surface area (Å²) in [5.74, 6) is 0.403. The number of hydrogen-bond acceptors (Lipinski definition) is 6. The van der Waals surface area contributed by atoms with Gasteiger partial charge in [-0.05, 0) is 25.0 Å². The van der Waals surface area contributed by atoms with E-state index in [0.29, 0.717) is 35.2 Å². The Morgan fingerprint density at radius 3 is 2.81 bits per heavy atom. The second-order valence-corrected chi connectivity index (χ2v) is 8.48. The molecule has 1 fully saturated rings. The van der Waals surface area contributed by atoms with Crippen LogP contribution in [0, 0.1) is 5.82 Å². The van der Waals surface area contributed by atoms with Crippen LogP contribution in [-0.4, -0.2) is 39.0 Å². The summed E-state index contributed by atoms with van der Waals surface area (Å²) in [5.41, 5.74) is 1.57. The largest absolute Gasteiger partial charge is 0.339 e. The van der Waals surface area contributed by atoms with Gasteiger partial charge in [-0.3, -0.25) is 4.79 Å². The lowest BCUT2D eigenvalue weighted by Gasteiger charge is -2.30. The van der Waals surface area contributed by atoms with E-state index in [1.807, 2.05) is 35.2 Å². The van der Waals surface area contributed by atoms with Crippen molar-refractivity contribution >= 4 is 17.2 Å². The third kappa shape index (κ3) is 4.11. The molecule has 1 aliphatic rings. The van der Waals surface area contributed by atoms with Crippen LogP contribution in [-0.2, 0) is 0 Å². The smallest absolute Gasteiger partial charge is 0.265 e. The fourth-order valence-electron chi connectivity index (χ4n) is 3.75. The number of amides is 1. The molecule has 5 rings (SSSR count). The van der Waals surface area contributed by atoms with Crippen LogP contribution in [0.15, 0.2) is 65.3 Å². The Balaban J connectivity index is 1.31. The summed E-state index contributed by atoms with van der Waals surface area (Å²) in [4.78, 5) is 24.4. The maximum Gasteiger partial charge on any atom is 0.265 e. The van der Waals surface area contributed by atoms with E-state index < -0.39 is 0 Å². The van der Waals surface area contributed by atoms with Gasteiger partial charge in [0.05, 0.1) is 12.1 Å². The van der Waals surface area contributed by atoms with Crippen molar-refractivity contribution in [2.45, 2.75) is 18.8 Å². The van der Waals surface area contributed by atoms with E-state index in [4.69, 9.17) is 4.52 Å². The number of rotatable bonds is 4. The average Bonchev–Trinajstić information content (AvgIpc) is 3.50. The minimum atomic E-state index is -0.349. The molecule has 6 nitrogen and oxygen atoms in total. The standard InChI is InChI=1S/C23H19FN4O2S/c24-18-10-4-8-16(12-18)20-26-21(30-27-20)17-9-5-11-28(14-17)23(29)19-13-25-22(31-19)15-6-2-1-3-7-15/h1-4,6-8,10,12-13,17H,5,9,11,14H2. The van der Waals surface area contributed by atoms with E-state index in [0.717, 1.165) is 23.4 Å². The van der Waals surface area contributed by atoms with E-state index in [-0.39, 0.29) is 17.6 Å². The zero-order valence-electron chi connectivity index (χ0n) is 16.6. The maximum atomic E-state index is 13.5. The first-order valence-electron chi connectivity index (χ1n) is 10.1. The highest BCUT2D eigenvalue weighted by molar-refractivity contribution is 7.16. The zero-order chi connectivity index (χ0) is 21.2. The highest BCUT2D eigenvalue weighted by atomic mass is 32.1. The molecule has 3 heterocycles. The monoisotopic (exact) mass is 434 g/mol. The first-order chi connectivity index (χ1) is 15.2. The Labute approximate surface area is 182 Å². The highest BCUT2D eigenvalue weighted by Crippen LogP contribution is 2.30. The molecule has 1 atom stereocenters. The minimum absolute atomic E-state index is 0.0331. The van der Waals surface area contributed by atoms with Gasteiger partial charge < -0.3 is 9.42 Å². The van der Waals surface area contributed by atoms with Crippen LogP contribution in [0.3, 0.4) is 0 Å². The van der Waals surface area contributed by atoms with Crippen molar-refractivity contribution in [3.05, 3.63) is 77.4 Å². The van der Waals surface area contributed by atoms with E-state index >= 15 is 0 Å². The van der Waals surface area contributed by atoms with Crippen molar-refractivity contribution in [1.29, 1.82) is 0 Å². The van der Waals surface area contributed by atoms with Crippen LogP contribution in [0.1, 0.15) is 34.3 Å². The predicted molar refractivity (Wildman–Crippen MR) is 115 cm³/mol. The number of hydrogen-bond donors (Lipinski definition) is 0. The van der Waals surface area contributed by atoms with Crippen molar-refractivity contribution in [3.8, 4) is 22.0 Å². The molecule has 4 aromatic rings. The lowest BCUT2D eigenvalue weighted by molar-refractivity contribution is 0.0700. The molecule has 2 aromatic heterocycles. The number of carbonyl (C=O) groups excluding carboxylic acids is 1. The van der Waals surface area contributed by atoms with E-state index in [1.54, 1.807) is 18.3 Å². The number of aromatic nitrogens is 3. The molecule has 0 bridgehead atoms. The van der Waals surface area contributed by atoms with Crippen molar-refractivity contribution < 1.29 is 13.7 Å². The summed E-state index contributed by atoms with van der Waals surface area (Å²) < 4.78 is 19.0. The van der Waals surface area contributed by atoms with Crippen molar-refractivity contribution in [3.63, 3.8) is 0 Å². The Morgan fingerprint density at radius 1 is 1.13 bits per heavy atom. The van der Waals surface area contributed by atoms with Crippen molar-refractivity contribution in [2.75, 3.05) is 13.1 Å². The molecule has 0 saturated carbocycles. The van der Waals surface area contributed by atoms with Crippen LogP contribution >= 0.6 is 11.3 Å². The number of benzene rings is 2. The van der Waals surface area contributed by atoms with E-state index in [1.165, 1.54) is 23.5 Å². The summed E-state index contributed by atoms with van der Waals surface area (Å²) >= 11 is 1.40. The fraction of sp³-hybridized carbons (Fsp3) is 0.217. The zero-order valence-corrected chi connectivity index (χ0v) is 17.4. The lowest BCUT2D eigenvalue weighted by atomic mass is 9.98. The van der Waals surface area contributed by atoms with Gasteiger partial charge in [0.15, 0.2) is 0 Å².